The van der Waals surface area contributed by atoms with E-state index in [-0.39, 0.29) is 5.91 Å². The summed E-state index contributed by atoms with van der Waals surface area (Å²) in [5.74, 6) is -0.220. The first-order chi connectivity index (χ1) is 12.5. The lowest BCUT2D eigenvalue weighted by molar-refractivity contribution is -0.111. The van der Waals surface area contributed by atoms with Crippen LogP contribution in [0, 0.1) is 0 Å². The van der Waals surface area contributed by atoms with E-state index < -0.39 is 0 Å². The second kappa shape index (κ2) is 8.58. The quantitative estimate of drug-likeness (QED) is 0.787. The van der Waals surface area contributed by atoms with E-state index >= 15 is 0 Å². The Labute approximate surface area is 164 Å². The van der Waals surface area contributed by atoms with Crippen molar-refractivity contribution in [2.75, 3.05) is 43.4 Å². The van der Waals surface area contributed by atoms with E-state index in [0.717, 1.165) is 43.1 Å². The molecule has 0 aliphatic carbocycles. The third-order valence-corrected chi connectivity index (χ3v) is 4.96. The van der Waals surface area contributed by atoms with Crippen LogP contribution in [0.2, 0.25) is 10.0 Å². The van der Waals surface area contributed by atoms with Gasteiger partial charge in [-0.05, 0) is 43.0 Å². The molecule has 136 valence electrons. The number of nitrogens with one attached hydrogen (secondary N) is 1. The van der Waals surface area contributed by atoms with Crippen LogP contribution in [0.3, 0.4) is 0 Å². The predicted octanol–water partition coefficient (Wildman–Crippen LogP) is 4.40. The van der Waals surface area contributed by atoms with Crippen molar-refractivity contribution in [2.45, 2.75) is 0 Å². The summed E-state index contributed by atoms with van der Waals surface area (Å²) in [6, 6.07) is 13.0. The van der Waals surface area contributed by atoms with Crippen LogP contribution in [0.1, 0.15) is 5.56 Å². The van der Waals surface area contributed by atoms with Crippen molar-refractivity contribution < 1.29 is 4.79 Å². The van der Waals surface area contributed by atoms with Gasteiger partial charge in [-0.2, -0.15) is 0 Å². The van der Waals surface area contributed by atoms with E-state index in [1.807, 2.05) is 30.3 Å². The van der Waals surface area contributed by atoms with Gasteiger partial charge in [-0.1, -0.05) is 41.4 Å². The van der Waals surface area contributed by atoms with E-state index in [2.05, 4.69) is 22.2 Å². The molecule has 26 heavy (non-hydrogen) atoms. The van der Waals surface area contributed by atoms with Gasteiger partial charge in [0.25, 0.3) is 0 Å². The second-order valence-electron chi connectivity index (χ2n) is 6.30. The zero-order valence-electron chi connectivity index (χ0n) is 14.6. The molecule has 0 aromatic heterocycles. The summed E-state index contributed by atoms with van der Waals surface area (Å²) in [5.41, 5.74) is 2.51. The van der Waals surface area contributed by atoms with Gasteiger partial charge in [-0.15, -0.1) is 0 Å². The highest BCUT2D eigenvalue weighted by atomic mass is 35.5. The Bertz CT molecular complexity index is 814. The number of anilines is 2. The van der Waals surface area contributed by atoms with Gasteiger partial charge in [0.05, 0.1) is 11.4 Å². The molecule has 1 amide bonds. The number of carbonyl (C=O) groups is 1. The van der Waals surface area contributed by atoms with Crippen LogP contribution in [-0.2, 0) is 4.79 Å². The van der Waals surface area contributed by atoms with Crippen molar-refractivity contribution in [3.63, 3.8) is 0 Å². The van der Waals surface area contributed by atoms with E-state index in [4.69, 9.17) is 23.2 Å². The molecule has 1 fully saturated rings. The topological polar surface area (TPSA) is 35.6 Å². The Kier molecular flexibility index (Phi) is 6.20. The average Bonchev–Trinajstić information content (AvgIpc) is 2.62. The highest BCUT2D eigenvalue weighted by molar-refractivity contribution is 6.32. The zero-order chi connectivity index (χ0) is 18.5. The van der Waals surface area contributed by atoms with Crippen molar-refractivity contribution in [3.05, 3.63) is 64.1 Å². The normalized spacial score (nSPS) is 15.4. The lowest BCUT2D eigenvalue weighted by Gasteiger charge is -2.35. The number of halogens is 2. The van der Waals surface area contributed by atoms with Crippen molar-refractivity contribution in [3.8, 4) is 0 Å². The van der Waals surface area contributed by atoms with Gasteiger partial charge in [-0.3, -0.25) is 4.79 Å². The molecule has 1 saturated heterocycles. The molecule has 4 nitrogen and oxygen atoms in total. The van der Waals surface area contributed by atoms with Gasteiger partial charge in [0, 0.05) is 42.3 Å². The summed E-state index contributed by atoms with van der Waals surface area (Å²) >= 11 is 12.3. The van der Waals surface area contributed by atoms with Gasteiger partial charge >= 0.3 is 0 Å². The Morgan fingerprint density at radius 1 is 1.08 bits per heavy atom. The van der Waals surface area contributed by atoms with E-state index in [1.165, 1.54) is 6.08 Å². The average molecular weight is 390 g/mol. The summed E-state index contributed by atoms with van der Waals surface area (Å²) in [6.45, 7) is 3.80. The third kappa shape index (κ3) is 4.79. The standard InChI is InChI=1S/C20H21Cl2N3O/c1-24-10-12-25(13-11-24)19-8-7-16(21)14-18(19)23-20(26)9-6-15-4-2-3-5-17(15)22/h2-9,14H,10-13H2,1H3,(H,23,26)/b9-6+. The van der Waals surface area contributed by atoms with Crippen LogP contribution >= 0.6 is 23.2 Å². The maximum atomic E-state index is 12.4. The lowest BCUT2D eigenvalue weighted by atomic mass is 10.2. The molecular weight excluding hydrogens is 369 g/mol. The number of nitrogens with zero attached hydrogens (tertiary/aromatic N) is 2. The molecule has 0 spiro atoms. The molecule has 1 aliphatic rings. The minimum atomic E-state index is -0.220. The van der Waals surface area contributed by atoms with Crippen LogP contribution in [0.25, 0.3) is 6.08 Å². The Hall–Kier alpha value is -2.01. The summed E-state index contributed by atoms with van der Waals surface area (Å²) in [5, 5.41) is 4.14. The molecular formula is C20H21Cl2N3O. The number of carbonyl (C=O) groups excluding carboxylic acids is 1. The monoisotopic (exact) mass is 389 g/mol. The molecule has 0 bridgehead atoms. The summed E-state index contributed by atoms with van der Waals surface area (Å²) in [6.07, 6.45) is 3.19. The van der Waals surface area contributed by atoms with Crippen LogP contribution in [-0.4, -0.2) is 44.0 Å². The third-order valence-electron chi connectivity index (χ3n) is 4.38. The van der Waals surface area contributed by atoms with Crippen LogP contribution in [0.4, 0.5) is 11.4 Å². The zero-order valence-corrected chi connectivity index (χ0v) is 16.1. The van der Waals surface area contributed by atoms with Crippen LogP contribution in [0.15, 0.2) is 48.5 Å². The number of hydrogen-bond acceptors (Lipinski definition) is 3. The second-order valence-corrected chi connectivity index (χ2v) is 7.14. The molecule has 6 heteroatoms. The molecule has 1 heterocycles. The van der Waals surface area contributed by atoms with Gasteiger partial charge in [-0.25, -0.2) is 0 Å². The lowest BCUT2D eigenvalue weighted by Crippen LogP contribution is -2.44. The minimum Gasteiger partial charge on any atom is -0.367 e. The van der Waals surface area contributed by atoms with Crippen LogP contribution < -0.4 is 10.2 Å². The number of benzene rings is 2. The molecule has 3 rings (SSSR count). The number of hydrogen-bond donors (Lipinski definition) is 1. The maximum absolute atomic E-state index is 12.4. The summed E-state index contributed by atoms with van der Waals surface area (Å²) in [7, 11) is 2.11. The molecule has 0 unspecified atom stereocenters. The first kappa shape index (κ1) is 18.8. The Morgan fingerprint density at radius 2 is 1.81 bits per heavy atom. The molecule has 1 aliphatic heterocycles. The fourth-order valence-electron chi connectivity index (χ4n) is 2.88. The van der Waals surface area contributed by atoms with Crippen molar-refractivity contribution in [1.29, 1.82) is 0 Å². The van der Waals surface area contributed by atoms with Crippen molar-refractivity contribution in [2.24, 2.45) is 0 Å². The molecule has 0 saturated carbocycles. The van der Waals surface area contributed by atoms with Gasteiger partial charge in [0.15, 0.2) is 0 Å². The minimum absolute atomic E-state index is 0.220. The largest absolute Gasteiger partial charge is 0.367 e. The first-order valence-corrected chi connectivity index (χ1v) is 9.25. The highest BCUT2D eigenvalue weighted by Gasteiger charge is 2.18. The van der Waals surface area contributed by atoms with E-state index in [9.17, 15) is 4.79 Å². The first-order valence-electron chi connectivity index (χ1n) is 8.49. The summed E-state index contributed by atoms with van der Waals surface area (Å²) < 4.78 is 0. The SMILES string of the molecule is CN1CCN(c2ccc(Cl)cc2NC(=O)/C=C/c2ccccc2Cl)CC1. The Balaban J connectivity index is 1.75. The van der Waals surface area contributed by atoms with E-state index in [1.54, 1.807) is 18.2 Å². The van der Waals surface area contributed by atoms with Crippen LogP contribution in [0.5, 0.6) is 0 Å². The fourth-order valence-corrected chi connectivity index (χ4v) is 3.25. The van der Waals surface area contributed by atoms with Gasteiger partial charge in [0.2, 0.25) is 5.91 Å². The number of rotatable bonds is 4. The van der Waals surface area contributed by atoms with E-state index in [0.29, 0.717) is 10.0 Å². The number of piperazine rings is 1. The van der Waals surface area contributed by atoms with Crippen molar-refractivity contribution >= 4 is 46.6 Å². The molecule has 1 N–H and O–H groups in total. The number of likely N-dealkylation sites (N-methyl/N-ethyl adjacent to an activating group) is 1. The maximum Gasteiger partial charge on any atom is 0.248 e. The predicted molar refractivity (Wildman–Crippen MR) is 110 cm³/mol. The molecule has 2 aromatic rings. The highest BCUT2D eigenvalue weighted by Crippen LogP contribution is 2.30. The van der Waals surface area contributed by atoms with Crippen molar-refractivity contribution in [1.82, 2.24) is 4.90 Å². The Morgan fingerprint density at radius 3 is 2.54 bits per heavy atom. The molecule has 2 aromatic carbocycles. The molecule has 0 radical (unpaired) electrons. The fraction of sp³-hybridized carbons (Fsp3) is 0.250. The summed E-state index contributed by atoms with van der Waals surface area (Å²) in [4.78, 5) is 16.9. The molecule has 0 atom stereocenters. The van der Waals surface area contributed by atoms with Gasteiger partial charge in [0.1, 0.15) is 0 Å². The number of amides is 1. The van der Waals surface area contributed by atoms with Gasteiger partial charge < -0.3 is 15.1 Å². The smallest absolute Gasteiger partial charge is 0.248 e.